The lowest BCUT2D eigenvalue weighted by molar-refractivity contribution is 0.0873. The molecule has 2 nitrogen and oxygen atoms in total. The van der Waals surface area contributed by atoms with E-state index in [9.17, 15) is 4.79 Å². The first-order chi connectivity index (χ1) is 9.25. The molecule has 0 bridgehead atoms. The third-order valence-electron chi connectivity index (χ3n) is 4.57. The zero-order valence-corrected chi connectivity index (χ0v) is 12.7. The van der Waals surface area contributed by atoms with E-state index in [1.807, 2.05) is 18.2 Å². The van der Waals surface area contributed by atoms with Crippen LogP contribution in [0.5, 0.6) is 0 Å². The minimum atomic E-state index is 0.255. The first-order valence-electron chi connectivity index (χ1n) is 7.28. The fourth-order valence-electron chi connectivity index (χ4n) is 3.46. The number of Topliss-reactive ketones (excluding diaryl/α,β-unsaturated/α-hetero) is 1. The second-order valence-electron chi connectivity index (χ2n) is 5.79. The molecule has 1 aromatic rings. The van der Waals surface area contributed by atoms with E-state index in [1.165, 1.54) is 18.4 Å². The van der Waals surface area contributed by atoms with Crippen LogP contribution in [-0.4, -0.2) is 18.9 Å². The van der Waals surface area contributed by atoms with E-state index in [0.717, 1.165) is 48.3 Å². The number of nitrogens with one attached hydrogen (secondary N) is 1. The van der Waals surface area contributed by atoms with Crippen LogP contribution >= 0.6 is 15.9 Å². The van der Waals surface area contributed by atoms with Crippen molar-refractivity contribution >= 4 is 21.7 Å². The van der Waals surface area contributed by atoms with Crippen LogP contribution in [0.3, 0.4) is 0 Å². The van der Waals surface area contributed by atoms with Crippen LogP contribution < -0.4 is 5.32 Å². The Morgan fingerprint density at radius 2 is 2.00 bits per heavy atom. The van der Waals surface area contributed by atoms with Gasteiger partial charge >= 0.3 is 0 Å². The summed E-state index contributed by atoms with van der Waals surface area (Å²) in [6, 6.07) is 6.02. The van der Waals surface area contributed by atoms with E-state index in [1.54, 1.807) is 0 Å². The molecule has 19 heavy (non-hydrogen) atoms. The monoisotopic (exact) mass is 321 g/mol. The van der Waals surface area contributed by atoms with Crippen molar-refractivity contribution in [1.29, 1.82) is 0 Å². The molecular weight excluding hydrogens is 302 g/mol. The molecular formula is C16H20BrNO. The zero-order valence-electron chi connectivity index (χ0n) is 11.1. The van der Waals surface area contributed by atoms with Gasteiger partial charge in [0, 0.05) is 16.0 Å². The molecule has 0 amide bonds. The second kappa shape index (κ2) is 5.76. The maximum atomic E-state index is 12.6. The molecule has 1 heterocycles. The van der Waals surface area contributed by atoms with Gasteiger partial charge in [0.15, 0.2) is 5.78 Å². The van der Waals surface area contributed by atoms with Gasteiger partial charge in [-0.1, -0.05) is 28.1 Å². The molecule has 1 saturated heterocycles. The fourth-order valence-corrected chi connectivity index (χ4v) is 4.02. The Kier molecular flexibility index (Phi) is 4.04. The summed E-state index contributed by atoms with van der Waals surface area (Å²) in [5, 5.41) is 3.40. The van der Waals surface area contributed by atoms with Crippen LogP contribution in [0.25, 0.3) is 0 Å². The van der Waals surface area contributed by atoms with Gasteiger partial charge in [-0.2, -0.15) is 0 Å². The van der Waals surface area contributed by atoms with Gasteiger partial charge in [0.2, 0.25) is 0 Å². The summed E-state index contributed by atoms with van der Waals surface area (Å²) in [5.41, 5.74) is 2.17. The maximum Gasteiger partial charge on any atom is 0.166 e. The number of halogens is 1. The molecule has 1 atom stereocenters. The van der Waals surface area contributed by atoms with E-state index in [2.05, 4.69) is 21.2 Å². The molecule has 0 spiro atoms. The predicted octanol–water partition coefficient (Wildman–Crippen LogP) is 3.58. The van der Waals surface area contributed by atoms with E-state index >= 15 is 0 Å². The predicted molar refractivity (Wildman–Crippen MR) is 80.5 cm³/mol. The topological polar surface area (TPSA) is 29.1 Å². The maximum absolute atomic E-state index is 12.6. The highest BCUT2D eigenvalue weighted by molar-refractivity contribution is 9.10. The van der Waals surface area contributed by atoms with Crippen molar-refractivity contribution in [3.63, 3.8) is 0 Å². The Bertz CT molecular complexity index is 480. The Balaban J connectivity index is 1.74. The van der Waals surface area contributed by atoms with Gasteiger partial charge in [0.1, 0.15) is 0 Å². The van der Waals surface area contributed by atoms with Gasteiger partial charge in [-0.3, -0.25) is 4.79 Å². The van der Waals surface area contributed by atoms with Gasteiger partial charge in [-0.25, -0.2) is 0 Å². The quantitative estimate of drug-likeness (QED) is 0.902. The Morgan fingerprint density at radius 3 is 2.79 bits per heavy atom. The van der Waals surface area contributed by atoms with Crippen molar-refractivity contribution in [2.75, 3.05) is 13.1 Å². The average Bonchev–Trinajstić information content (AvgIpc) is 2.44. The summed E-state index contributed by atoms with van der Waals surface area (Å²) in [6.45, 7) is 2.24. The summed E-state index contributed by atoms with van der Waals surface area (Å²) >= 11 is 3.57. The van der Waals surface area contributed by atoms with Gasteiger partial charge in [0.25, 0.3) is 0 Å². The largest absolute Gasteiger partial charge is 0.317 e. The molecule has 0 aromatic heterocycles. The third-order valence-corrected chi connectivity index (χ3v) is 5.32. The summed E-state index contributed by atoms with van der Waals surface area (Å²) < 4.78 is 1.10. The lowest BCUT2D eigenvalue weighted by atomic mass is 9.77. The first-order valence-corrected chi connectivity index (χ1v) is 8.07. The normalized spacial score (nSPS) is 24.3. The standard InChI is InChI=1S/C16H20BrNO/c17-15-3-1-2-14-13(15)5-4-12(16(14)19)10-11-6-8-18-9-7-11/h1-3,11-12,18H,4-10H2. The Morgan fingerprint density at radius 1 is 1.21 bits per heavy atom. The summed E-state index contributed by atoms with van der Waals surface area (Å²) in [7, 11) is 0. The molecule has 1 fully saturated rings. The van der Waals surface area contributed by atoms with Gasteiger partial charge in [-0.05, 0) is 62.7 Å². The van der Waals surface area contributed by atoms with Crippen molar-refractivity contribution in [1.82, 2.24) is 5.32 Å². The minimum absolute atomic E-state index is 0.255. The number of rotatable bonds is 2. The van der Waals surface area contributed by atoms with Crippen molar-refractivity contribution in [2.24, 2.45) is 11.8 Å². The summed E-state index contributed by atoms with van der Waals surface area (Å²) in [5.74, 6) is 1.37. The van der Waals surface area contributed by atoms with E-state index in [0.29, 0.717) is 5.78 Å². The Hall–Kier alpha value is -0.670. The average molecular weight is 322 g/mol. The summed E-state index contributed by atoms with van der Waals surface area (Å²) in [6.07, 6.45) is 5.62. The highest BCUT2D eigenvalue weighted by atomic mass is 79.9. The SMILES string of the molecule is O=C1c2cccc(Br)c2CCC1CC1CCNCC1. The number of piperidine rings is 1. The van der Waals surface area contributed by atoms with Crippen molar-refractivity contribution in [3.8, 4) is 0 Å². The molecule has 1 aromatic carbocycles. The van der Waals surface area contributed by atoms with E-state index in [-0.39, 0.29) is 5.92 Å². The molecule has 3 rings (SSSR count). The zero-order chi connectivity index (χ0) is 13.2. The molecule has 102 valence electrons. The number of carbonyl (C=O) groups is 1. The molecule has 1 unspecified atom stereocenters. The second-order valence-corrected chi connectivity index (χ2v) is 6.65. The van der Waals surface area contributed by atoms with Crippen molar-refractivity contribution in [2.45, 2.75) is 32.1 Å². The lowest BCUT2D eigenvalue weighted by Crippen LogP contribution is -2.31. The highest BCUT2D eigenvalue weighted by Gasteiger charge is 2.30. The fraction of sp³-hybridized carbons (Fsp3) is 0.562. The first kappa shape index (κ1) is 13.3. The third kappa shape index (κ3) is 2.77. The van der Waals surface area contributed by atoms with Crippen LogP contribution in [0.15, 0.2) is 22.7 Å². The minimum Gasteiger partial charge on any atom is -0.317 e. The molecule has 1 aliphatic heterocycles. The number of carbonyl (C=O) groups excluding carboxylic acids is 1. The molecule has 1 aliphatic carbocycles. The Labute approximate surface area is 123 Å². The smallest absolute Gasteiger partial charge is 0.166 e. The number of ketones is 1. The van der Waals surface area contributed by atoms with E-state index < -0.39 is 0 Å². The van der Waals surface area contributed by atoms with Crippen LogP contribution in [0.4, 0.5) is 0 Å². The molecule has 2 aliphatic rings. The van der Waals surface area contributed by atoms with Crippen LogP contribution in [-0.2, 0) is 6.42 Å². The summed E-state index contributed by atoms with van der Waals surface area (Å²) in [4.78, 5) is 12.6. The van der Waals surface area contributed by atoms with Crippen LogP contribution in [0.2, 0.25) is 0 Å². The van der Waals surface area contributed by atoms with Gasteiger partial charge < -0.3 is 5.32 Å². The van der Waals surface area contributed by atoms with Crippen LogP contribution in [0, 0.1) is 11.8 Å². The number of hydrogen-bond donors (Lipinski definition) is 1. The molecule has 3 heteroatoms. The van der Waals surface area contributed by atoms with Crippen molar-refractivity contribution in [3.05, 3.63) is 33.8 Å². The number of fused-ring (bicyclic) bond motifs is 1. The van der Waals surface area contributed by atoms with E-state index in [4.69, 9.17) is 0 Å². The van der Waals surface area contributed by atoms with Gasteiger partial charge in [0.05, 0.1) is 0 Å². The molecule has 0 radical (unpaired) electrons. The van der Waals surface area contributed by atoms with Crippen molar-refractivity contribution < 1.29 is 4.79 Å². The number of hydrogen-bond acceptors (Lipinski definition) is 2. The number of benzene rings is 1. The highest BCUT2D eigenvalue weighted by Crippen LogP contribution is 2.34. The van der Waals surface area contributed by atoms with Gasteiger partial charge in [-0.15, -0.1) is 0 Å². The molecule has 1 N–H and O–H groups in total. The lowest BCUT2D eigenvalue weighted by Gasteiger charge is -2.29. The van der Waals surface area contributed by atoms with Crippen LogP contribution in [0.1, 0.15) is 41.6 Å². The molecule has 0 saturated carbocycles.